The average Bonchev–Trinajstić information content (AvgIpc) is 2.29. The van der Waals surface area contributed by atoms with Gasteiger partial charge in [0.05, 0.1) is 5.69 Å². The van der Waals surface area contributed by atoms with Gasteiger partial charge in [0, 0.05) is 18.6 Å². The van der Waals surface area contributed by atoms with Crippen molar-refractivity contribution in [1.82, 2.24) is 0 Å². The molecule has 80 valence electrons. The van der Waals surface area contributed by atoms with E-state index in [-0.39, 0.29) is 5.78 Å². The van der Waals surface area contributed by atoms with E-state index in [1.165, 1.54) is 0 Å². The number of hydrogen-bond acceptors (Lipinski definition) is 2. The molecule has 0 heterocycles. The van der Waals surface area contributed by atoms with Gasteiger partial charge in [-0.25, -0.2) is 0 Å². The Morgan fingerprint density at radius 3 is 2.33 bits per heavy atom. The minimum absolute atomic E-state index is 0.256. The first-order valence-corrected chi connectivity index (χ1v) is 5.39. The van der Waals surface area contributed by atoms with E-state index in [0.29, 0.717) is 12.8 Å². The molecule has 1 aromatic rings. The highest BCUT2D eigenvalue weighted by Gasteiger charge is 2.03. The number of para-hydroxylation sites is 1. The lowest BCUT2D eigenvalue weighted by molar-refractivity contribution is -0.117. The number of Topliss-reactive ketones (excluding diaryl/α,β-unsaturated/α-hetero) is 1. The second kappa shape index (κ2) is 6.12. The van der Waals surface area contributed by atoms with E-state index in [1.807, 2.05) is 44.2 Å². The van der Waals surface area contributed by atoms with Gasteiger partial charge in [0.2, 0.25) is 0 Å². The maximum atomic E-state index is 11.3. The molecule has 0 aromatic heterocycles. The van der Waals surface area contributed by atoms with Gasteiger partial charge in [0.25, 0.3) is 0 Å². The smallest absolute Gasteiger partial charge is 0.138 e. The minimum Gasteiger partial charge on any atom is -0.299 e. The van der Waals surface area contributed by atoms with E-state index in [0.717, 1.165) is 17.8 Å². The number of carbonyl (C=O) groups excluding carboxylic acids is 1. The first-order chi connectivity index (χ1) is 7.26. The van der Waals surface area contributed by atoms with Crippen LogP contribution in [0.2, 0.25) is 0 Å². The first-order valence-electron chi connectivity index (χ1n) is 5.39. The summed E-state index contributed by atoms with van der Waals surface area (Å²) in [7, 11) is 0. The van der Waals surface area contributed by atoms with E-state index >= 15 is 0 Å². The summed E-state index contributed by atoms with van der Waals surface area (Å²) in [4.78, 5) is 15.8. The van der Waals surface area contributed by atoms with E-state index in [2.05, 4.69) is 4.99 Å². The lowest BCUT2D eigenvalue weighted by Gasteiger charge is -2.02. The molecule has 0 aliphatic rings. The molecule has 0 saturated heterocycles. The van der Waals surface area contributed by atoms with Crippen molar-refractivity contribution in [3.63, 3.8) is 0 Å². The van der Waals surface area contributed by atoms with Crippen LogP contribution in [-0.4, -0.2) is 11.5 Å². The summed E-state index contributed by atoms with van der Waals surface area (Å²) in [5.74, 6) is 0.256. The highest BCUT2D eigenvalue weighted by Crippen LogP contribution is 2.12. The van der Waals surface area contributed by atoms with Gasteiger partial charge in [-0.2, -0.15) is 0 Å². The molecule has 1 aromatic carbocycles. The van der Waals surface area contributed by atoms with Crippen LogP contribution in [0.4, 0.5) is 5.69 Å². The summed E-state index contributed by atoms with van der Waals surface area (Å²) in [6.07, 6.45) is 1.91. The molecule has 0 radical (unpaired) electrons. The van der Waals surface area contributed by atoms with Gasteiger partial charge in [-0.3, -0.25) is 9.79 Å². The fraction of sp³-hybridized carbons (Fsp3) is 0.385. The average molecular weight is 203 g/mol. The van der Waals surface area contributed by atoms with Crippen LogP contribution < -0.4 is 0 Å². The van der Waals surface area contributed by atoms with Crippen LogP contribution in [0.25, 0.3) is 0 Å². The van der Waals surface area contributed by atoms with E-state index in [9.17, 15) is 4.79 Å². The normalized spacial score (nSPS) is 11.5. The Labute approximate surface area is 91.0 Å². The van der Waals surface area contributed by atoms with Crippen LogP contribution in [0.5, 0.6) is 0 Å². The van der Waals surface area contributed by atoms with Gasteiger partial charge in [-0.05, 0) is 18.6 Å². The summed E-state index contributed by atoms with van der Waals surface area (Å²) < 4.78 is 0. The van der Waals surface area contributed by atoms with E-state index in [1.54, 1.807) is 0 Å². The Kier molecular flexibility index (Phi) is 4.75. The van der Waals surface area contributed by atoms with Gasteiger partial charge in [-0.15, -0.1) is 0 Å². The Hall–Kier alpha value is -1.44. The number of rotatable bonds is 5. The number of carbonyl (C=O) groups is 1. The summed E-state index contributed by atoms with van der Waals surface area (Å²) in [5.41, 5.74) is 1.89. The third kappa shape index (κ3) is 4.07. The van der Waals surface area contributed by atoms with Crippen LogP contribution in [-0.2, 0) is 4.79 Å². The molecule has 0 amide bonds. The van der Waals surface area contributed by atoms with Crippen molar-refractivity contribution < 1.29 is 4.79 Å². The molecule has 15 heavy (non-hydrogen) atoms. The molecule has 2 heteroatoms. The second-order valence-corrected chi connectivity index (χ2v) is 3.44. The fourth-order valence-corrected chi connectivity index (χ4v) is 1.28. The zero-order chi connectivity index (χ0) is 11.1. The van der Waals surface area contributed by atoms with Crippen molar-refractivity contribution in [1.29, 1.82) is 0 Å². The molecule has 0 atom stereocenters. The molecule has 0 unspecified atom stereocenters. The van der Waals surface area contributed by atoms with Gasteiger partial charge < -0.3 is 0 Å². The predicted molar refractivity (Wildman–Crippen MR) is 63.7 cm³/mol. The number of benzene rings is 1. The van der Waals surface area contributed by atoms with Crippen LogP contribution in [0, 0.1) is 0 Å². The van der Waals surface area contributed by atoms with Gasteiger partial charge in [0.1, 0.15) is 5.78 Å². The minimum atomic E-state index is 0.256. The standard InChI is InChI=1S/C13H17NO/c1-3-11(10-13(15)4-2)14-12-8-6-5-7-9-12/h5-9H,3-4,10H2,1-2H3. The molecule has 0 aliphatic carbocycles. The maximum absolute atomic E-state index is 11.3. The first kappa shape index (κ1) is 11.6. The number of nitrogens with zero attached hydrogens (tertiary/aromatic N) is 1. The molecule has 0 bridgehead atoms. The van der Waals surface area contributed by atoms with Crippen LogP contribution in [0.15, 0.2) is 35.3 Å². The molecule has 1 rings (SSSR count). The SMILES string of the molecule is CCC(=O)CC(CC)=Nc1ccccc1. The van der Waals surface area contributed by atoms with Crippen LogP contribution in [0.1, 0.15) is 33.1 Å². The Morgan fingerprint density at radius 2 is 1.80 bits per heavy atom. The number of aliphatic imine (C=N–C) groups is 1. The highest BCUT2D eigenvalue weighted by molar-refractivity contribution is 6.02. The maximum Gasteiger partial charge on any atom is 0.138 e. The zero-order valence-electron chi connectivity index (χ0n) is 9.36. The van der Waals surface area contributed by atoms with Crippen molar-refractivity contribution in [2.75, 3.05) is 0 Å². The van der Waals surface area contributed by atoms with Gasteiger partial charge >= 0.3 is 0 Å². The van der Waals surface area contributed by atoms with E-state index in [4.69, 9.17) is 0 Å². The van der Waals surface area contributed by atoms with Crippen LogP contribution >= 0.6 is 0 Å². The predicted octanol–water partition coefficient (Wildman–Crippen LogP) is 3.54. The van der Waals surface area contributed by atoms with Crippen molar-refractivity contribution in [3.8, 4) is 0 Å². The third-order valence-electron chi connectivity index (χ3n) is 2.25. The topological polar surface area (TPSA) is 29.4 Å². The van der Waals surface area contributed by atoms with Gasteiger partial charge in [-0.1, -0.05) is 32.0 Å². The quantitative estimate of drug-likeness (QED) is 0.673. The molecule has 2 nitrogen and oxygen atoms in total. The van der Waals surface area contributed by atoms with Crippen LogP contribution in [0.3, 0.4) is 0 Å². The second-order valence-electron chi connectivity index (χ2n) is 3.44. The van der Waals surface area contributed by atoms with Crippen molar-refractivity contribution >= 4 is 17.2 Å². The van der Waals surface area contributed by atoms with E-state index < -0.39 is 0 Å². The molecular formula is C13H17NO. The number of ketones is 1. The number of hydrogen-bond donors (Lipinski definition) is 0. The third-order valence-corrected chi connectivity index (χ3v) is 2.25. The molecule has 0 aliphatic heterocycles. The lowest BCUT2D eigenvalue weighted by Crippen LogP contribution is -2.05. The monoisotopic (exact) mass is 203 g/mol. The largest absolute Gasteiger partial charge is 0.299 e. The molecule has 0 N–H and O–H groups in total. The molecule has 0 saturated carbocycles. The summed E-state index contributed by atoms with van der Waals surface area (Å²) >= 11 is 0. The molecule has 0 fully saturated rings. The fourth-order valence-electron chi connectivity index (χ4n) is 1.28. The van der Waals surface area contributed by atoms with Crippen molar-refractivity contribution in [2.24, 2.45) is 4.99 Å². The molecule has 0 spiro atoms. The summed E-state index contributed by atoms with van der Waals surface area (Å²) in [6.45, 7) is 3.92. The van der Waals surface area contributed by atoms with Crippen molar-refractivity contribution in [3.05, 3.63) is 30.3 Å². The summed E-state index contributed by atoms with van der Waals surface area (Å²) in [6, 6.07) is 9.77. The Bertz CT molecular complexity index is 341. The highest BCUT2D eigenvalue weighted by atomic mass is 16.1. The summed E-state index contributed by atoms with van der Waals surface area (Å²) in [5, 5.41) is 0. The van der Waals surface area contributed by atoms with Gasteiger partial charge in [0.15, 0.2) is 0 Å². The Balaban J connectivity index is 2.74. The molecular weight excluding hydrogens is 186 g/mol. The van der Waals surface area contributed by atoms with Crippen molar-refractivity contribution in [2.45, 2.75) is 33.1 Å². The lowest BCUT2D eigenvalue weighted by atomic mass is 10.1. The Morgan fingerprint density at radius 1 is 1.13 bits per heavy atom. The zero-order valence-corrected chi connectivity index (χ0v) is 9.36.